The molecule has 0 atom stereocenters. The van der Waals surface area contributed by atoms with Crippen LogP contribution < -0.4 is 0 Å². The van der Waals surface area contributed by atoms with E-state index < -0.39 is 0 Å². The van der Waals surface area contributed by atoms with Gasteiger partial charge in [-0.2, -0.15) is 0 Å². The van der Waals surface area contributed by atoms with Gasteiger partial charge in [-0.25, -0.2) is 0 Å². The lowest BCUT2D eigenvalue weighted by atomic mass is 10.0. The first-order chi connectivity index (χ1) is 6.45. The molecule has 1 aliphatic carbocycles. The minimum atomic E-state index is 0.978. The van der Waals surface area contributed by atoms with E-state index in [1.54, 1.807) is 0 Å². The van der Waals surface area contributed by atoms with Crippen molar-refractivity contribution in [3.05, 3.63) is 71.2 Å². The normalized spacial score (nSPS) is 13.1. The average molecular weight is 166 g/mol. The highest BCUT2D eigenvalue weighted by Crippen LogP contribution is 2.09. The quantitative estimate of drug-likeness (QED) is 0.592. The fourth-order valence-corrected chi connectivity index (χ4v) is 1.32. The number of hydrogen-bond donors (Lipinski definition) is 0. The average Bonchev–Trinajstić information content (AvgIpc) is 2.21. The molecule has 1 aromatic rings. The second kappa shape index (κ2) is 3.78. The lowest BCUT2D eigenvalue weighted by molar-refractivity contribution is 1.20. The maximum atomic E-state index is 2.96. The second-order valence-electron chi connectivity index (χ2n) is 3.00. The van der Waals surface area contributed by atoms with Gasteiger partial charge in [0.05, 0.1) is 0 Å². The van der Waals surface area contributed by atoms with Gasteiger partial charge in [-0.1, -0.05) is 41.8 Å². The van der Waals surface area contributed by atoms with Crippen LogP contribution >= 0.6 is 0 Å². The fourth-order valence-electron chi connectivity index (χ4n) is 1.32. The van der Waals surface area contributed by atoms with Crippen molar-refractivity contribution >= 4 is 0 Å². The Hall–Kier alpha value is -1.74. The summed E-state index contributed by atoms with van der Waals surface area (Å²) in [6, 6.07) is 10.4. The molecule has 0 unspecified atom stereocenters. The number of hydrogen-bond acceptors (Lipinski definition) is 0. The third-order valence-electron chi connectivity index (χ3n) is 1.97. The number of benzene rings is 1. The third kappa shape index (κ3) is 2.10. The molecule has 2 rings (SSSR count). The van der Waals surface area contributed by atoms with Gasteiger partial charge >= 0.3 is 0 Å². The van der Waals surface area contributed by atoms with E-state index in [0.717, 1.165) is 6.42 Å². The summed E-state index contributed by atoms with van der Waals surface area (Å²) in [6.07, 6.45) is 6.93. The molecule has 0 saturated carbocycles. The van der Waals surface area contributed by atoms with Crippen molar-refractivity contribution in [1.29, 1.82) is 0 Å². The largest absolute Gasteiger partial charge is 0.0702 e. The van der Waals surface area contributed by atoms with Gasteiger partial charge in [-0.05, 0) is 35.8 Å². The van der Waals surface area contributed by atoms with Gasteiger partial charge in [0.15, 0.2) is 0 Å². The Morgan fingerprint density at radius 1 is 1.00 bits per heavy atom. The molecular weight excluding hydrogens is 156 g/mol. The van der Waals surface area contributed by atoms with Gasteiger partial charge in [-0.3, -0.25) is 0 Å². The maximum absolute atomic E-state index is 2.96. The van der Waals surface area contributed by atoms with Crippen LogP contribution in [0.25, 0.3) is 0 Å². The first kappa shape index (κ1) is 7.89. The lowest BCUT2D eigenvalue weighted by Crippen LogP contribution is -1.87. The van der Waals surface area contributed by atoms with E-state index in [-0.39, 0.29) is 0 Å². The van der Waals surface area contributed by atoms with Gasteiger partial charge in [0.2, 0.25) is 0 Å². The van der Waals surface area contributed by atoms with Crippen molar-refractivity contribution in [1.82, 2.24) is 0 Å². The van der Waals surface area contributed by atoms with Crippen molar-refractivity contribution in [3.8, 4) is 0 Å². The first-order valence-electron chi connectivity index (χ1n) is 4.36. The molecule has 13 heavy (non-hydrogen) atoms. The van der Waals surface area contributed by atoms with Crippen molar-refractivity contribution in [2.45, 2.75) is 6.42 Å². The molecule has 0 heteroatoms. The van der Waals surface area contributed by atoms with E-state index >= 15 is 0 Å². The van der Waals surface area contributed by atoms with Crippen molar-refractivity contribution in [2.75, 3.05) is 0 Å². The minimum absolute atomic E-state index is 0.978. The molecule has 0 aliphatic heterocycles. The summed E-state index contributed by atoms with van der Waals surface area (Å²) in [5, 5.41) is 0. The summed E-state index contributed by atoms with van der Waals surface area (Å²) in [5.74, 6) is 0. The topological polar surface area (TPSA) is 0 Å². The second-order valence-corrected chi connectivity index (χ2v) is 3.00. The number of rotatable bonds is 2. The fraction of sp³-hybridized carbons (Fsp3) is 0.0769. The first-order valence-corrected chi connectivity index (χ1v) is 4.36. The van der Waals surface area contributed by atoms with Gasteiger partial charge in [0, 0.05) is 0 Å². The van der Waals surface area contributed by atoms with Crippen LogP contribution in [0.4, 0.5) is 0 Å². The number of allylic oxidation sites excluding steroid dienone is 4. The van der Waals surface area contributed by atoms with Crippen LogP contribution in [0, 0.1) is 0 Å². The standard InChI is InChI=1S/C13H10/c1-3-7-12(8-4-1)11-13-9-5-2-6-10-13/h1,3-5,7-10H,11H2. The van der Waals surface area contributed by atoms with Gasteiger partial charge in [0.1, 0.15) is 0 Å². The molecule has 0 radical (unpaired) electrons. The molecule has 0 bridgehead atoms. The van der Waals surface area contributed by atoms with Crippen molar-refractivity contribution in [2.24, 2.45) is 0 Å². The summed E-state index contributed by atoms with van der Waals surface area (Å²) in [6.45, 7) is 0. The van der Waals surface area contributed by atoms with Gasteiger partial charge in [-0.15, -0.1) is 0 Å². The van der Waals surface area contributed by atoms with E-state index in [4.69, 9.17) is 0 Å². The molecule has 0 spiro atoms. The predicted octanol–water partition coefficient (Wildman–Crippen LogP) is 3.04. The summed E-state index contributed by atoms with van der Waals surface area (Å²) in [5.41, 5.74) is 8.47. The van der Waals surface area contributed by atoms with E-state index in [1.165, 1.54) is 11.1 Å². The molecule has 0 amide bonds. The molecule has 0 nitrogen and oxygen atoms in total. The SMILES string of the molecule is C1=C=CC(Cc2ccccc2)=CC=1. The molecule has 0 N–H and O–H groups in total. The highest BCUT2D eigenvalue weighted by Gasteiger charge is 1.95. The van der Waals surface area contributed by atoms with Gasteiger partial charge in [0.25, 0.3) is 0 Å². The van der Waals surface area contributed by atoms with Gasteiger partial charge < -0.3 is 0 Å². The zero-order chi connectivity index (χ0) is 8.93. The van der Waals surface area contributed by atoms with Crippen molar-refractivity contribution in [3.63, 3.8) is 0 Å². The monoisotopic (exact) mass is 166 g/mol. The van der Waals surface area contributed by atoms with Crippen LogP contribution in [-0.4, -0.2) is 0 Å². The highest BCUT2D eigenvalue weighted by atomic mass is 14.0. The molecule has 1 aliphatic rings. The Labute approximate surface area is 78.2 Å². The molecule has 1 aromatic carbocycles. The Balaban J connectivity index is 2.13. The smallest absolute Gasteiger partial charge is 0.00192 e. The maximum Gasteiger partial charge on any atom is -0.00192 e. The molecule has 0 fully saturated rings. The highest BCUT2D eigenvalue weighted by molar-refractivity contribution is 5.32. The van der Waals surface area contributed by atoms with E-state index in [2.05, 4.69) is 41.8 Å². The van der Waals surface area contributed by atoms with Crippen molar-refractivity contribution < 1.29 is 0 Å². The lowest BCUT2D eigenvalue weighted by Gasteiger charge is -2.01. The molecule has 62 valence electrons. The molecular formula is C13H10. The zero-order valence-electron chi connectivity index (χ0n) is 7.33. The molecule has 0 saturated heterocycles. The molecule has 0 aromatic heterocycles. The van der Waals surface area contributed by atoms with E-state index in [0.29, 0.717) is 0 Å². The Kier molecular flexibility index (Phi) is 2.29. The summed E-state index contributed by atoms with van der Waals surface area (Å²) in [4.78, 5) is 0. The molecule has 0 heterocycles. The van der Waals surface area contributed by atoms with E-state index in [1.807, 2.05) is 18.2 Å². The van der Waals surface area contributed by atoms with Crippen LogP contribution in [0.5, 0.6) is 0 Å². The van der Waals surface area contributed by atoms with Crippen LogP contribution in [0.15, 0.2) is 65.6 Å². The van der Waals surface area contributed by atoms with E-state index in [9.17, 15) is 0 Å². The van der Waals surface area contributed by atoms with Crippen LogP contribution in [0.2, 0.25) is 0 Å². The Morgan fingerprint density at radius 3 is 2.54 bits per heavy atom. The van der Waals surface area contributed by atoms with Crippen LogP contribution in [0.1, 0.15) is 5.56 Å². The van der Waals surface area contributed by atoms with Crippen LogP contribution in [-0.2, 0) is 6.42 Å². The zero-order valence-corrected chi connectivity index (χ0v) is 7.33. The summed E-state index contributed by atoms with van der Waals surface area (Å²) < 4.78 is 0. The Bertz CT molecular complexity index is 409. The third-order valence-corrected chi connectivity index (χ3v) is 1.97. The minimum Gasteiger partial charge on any atom is -0.0702 e. The van der Waals surface area contributed by atoms with Crippen LogP contribution in [0.3, 0.4) is 0 Å². The summed E-state index contributed by atoms with van der Waals surface area (Å²) in [7, 11) is 0. The summed E-state index contributed by atoms with van der Waals surface area (Å²) >= 11 is 0. The predicted molar refractivity (Wildman–Crippen MR) is 54.4 cm³/mol. The Morgan fingerprint density at radius 2 is 1.85 bits per heavy atom.